The quantitative estimate of drug-likeness (QED) is 0.830. The molecule has 0 spiro atoms. The molecular weight excluding hydrogens is 330 g/mol. The van der Waals surface area contributed by atoms with E-state index in [-0.39, 0.29) is 0 Å². The minimum Gasteiger partial charge on any atom is -0.306 e. The Labute approximate surface area is 133 Å². The largest absolute Gasteiger partial charge is 0.306 e. The molecule has 0 aromatic heterocycles. The van der Waals surface area contributed by atoms with Crippen LogP contribution in [-0.4, -0.2) is 5.75 Å². The van der Waals surface area contributed by atoms with Gasteiger partial charge in [0, 0.05) is 22.0 Å². The molecule has 1 aliphatic heterocycles. The summed E-state index contributed by atoms with van der Waals surface area (Å²) in [6.07, 6.45) is 1.20. The van der Waals surface area contributed by atoms with E-state index in [1.165, 1.54) is 38.2 Å². The first-order chi connectivity index (χ1) is 9.74. The molecule has 20 heavy (non-hydrogen) atoms. The molecule has 0 amide bonds. The first-order valence-corrected chi connectivity index (χ1v) is 8.72. The lowest BCUT2D eigenvalue weighted by atomic mass is 10.0. The predicted molar refractivity (Wildman–Crippen MR) is 90.2 cm³/mol. The second-order valence-electron chi connectivity index (χ2n) is 5.20. The number of thioether (sulfide) groups is 1. The smallest absolute Gasteiger partial charge is 0.0342 e. The molecule has 1 heterocycles. The summed E-state index contributed by atoms with van der Waals surface area (Å²) < 4.78 is 1.20. The van der Waals surface area contributed by atoms with Crippen molar-refractivity contribution in [2.75, 3.05) is 5.75 Å². The summed E-state index contributed by atoms with van der Waals surface area (Å²) in [5, 5.41) is 3.71. The summed E-state index contributed by atoms with van der Waals surface area (Å²) in [6.45, 7) is 3.03. The molecule has 0 radical (unpaired) electrons. The number of rotatable bonds is 3. The van der Waals surface area contributed by atoms with E-state index in [0.29, 0.717) is 6.04 Å². The SMILES string of the molecule is Cc1ccc(CNC2CCSc3ccccc32)c(Br)c1. The normalized spacial score (nSPS) is 17.8. The standard InChI is InChI=1S/C17H18BrNS/c1-12-6-7-13(15(18)10-12)11-19-16-8-9-20-17-5-3-2-4-14(16)17/h2-7,10,16,19H,8-9,11H2,1H3. The fourth-order valence-electron chi connectivity index (χ4n) is 2.58. The van der Waals surface area contributed by atoms with Crippen LogP contribution >= 0.6 is 27.7 Å². The zero-order chi connectivity index (χ0) is 13.9. The van der Waals surface area contributed by atoms with Gasteiger partial charge in [-0.15, -0.1) is 11.8 Å². The molecule has 1 atom stereocenters. The lowest BCUT2D eigenvalue weighted by Crippen LogP contribution is -2.24. The number of nitrogens with one attached hydrogen (secondary N) is 1. The van der Waals surface area contributed by atoms with Crippen molar-refractivity contribution in [2.45, 2.75) is 30.8 Å². The molecule has 0 saturated carbocycles. The Bertz CT molecular complexity index is 612. The average Bonchev–Trinajstić information content (AvgIpc) is 2.46. The van der Waals surface area contributed by atoms with Crippen molar-refractivity contribution in [3.05, 3.63) is 63.6 Å². The van der Waals surface area contributed by atoms with Crippen LogP contribution < -0.4 is 5.32 Å². The van der Waals surface area contributed by atoms with Gasteiger partial charge in [-0.3, -0.25) is 0 Å². The minimum absolute atomic E-state index is 0.473. The van der Waals surface area contributed by atoms with Crippen LogP contribution in [0.1, 0.15) is 29.2 Å². The third-order valence-corrected chi connectivity index (χ3v) is 5.57. The molecule has 104 valence electrons. The number of hydrogen-bond acceptors (Lipinski definition) is 2. The third kappa shape index (κ3) is 3.11. The van der Waals surface area contributed by atoms with Gasteiger partial charge in [0.15, 0.2) is 0 Å². The van der Waals surface area contributed by atoms with Crippen LogP contribution in [0.15, 0.2) is 51.8 Å². The van der Waals surface area contributed by atoms with Gasteiger partial charge in [0.25, 0.3) is 0 Å². The van der Waals surface area contributed by atoms with Crippen molar-refractivity contribution >= 4 is 27.7 Å². The first kappa shape index (κ1) is 14.2. The van der Waals surface area contributed by atoms with Crippen LogP contribution in [-0.2, 0) is 6.54 Å². The Hall–Kier alpha value is -0.770. The van der Waals surface area contributed by atoms with Crippen molar-refractivity contribution in [3.63, 3.8) is 0 Å². The Morgan fingerprint density at radius 1 is 1.25 bits per heavy atom. The summed E-state index contributed by atoms with van der Waals surface area (Å²) in [5.74, 6) is 1.20. The van der Waals surface area contributed by atoms with Crippen LogP contribution in [0.5, 0.6) is 0 Å². The van der Waals surface area contributed by atoms with Gasteiger partial charge >= 0.3 is 0 Å². The molecule has 0 bridgehead atoms. The molecule has 1 unspecified atom stereocenters. The third-order valence-electron chi connectivity index (χ3n) is 3.71. The highest BCUT2D eigenvalue weighted by Crippen LogP contribution is 2.36. The fraction of sp³-hybridized carbons (Fsp3) is 0.294. The zero-order valence-corrected chi connectivity index (χ0v) is 13.9. The summed E-state index contributed by atoms with van der Waals surface area (Å²) in [5.41, 5.74) is 4.07. The number of halogens is 1. The van der Waals surface area contributed by atoms with E-state index in [1.807, 2.05) is 11.8 Å². The first-order valence-electron chi connectivity index (χ1n) is 6.94. The van der Waals surface area contributed by atoms with E-state index in [1.54, 1.807) is 0 Å². The van der Waals surface area contributed by atoms with Crippen molar-refractivity contribution in [1.82, 2.24) is 5.32 Å². The zero-order valence-electron chi connectivity index (χ0n) is 11.5. The van der Waals surface area contributed by atoms with Crippen molar-refractivity contribution in [3.8, 4) is 0 Å². The predicted octanol–water partition coefficient (Wildman–Crippen LogP) is 5.08. The number of fused-ring (bicyclic) bond motifs is 1. The van der Waals surface area contributed by atoms with Crippen LogP contribution in [0.2, 0.25) is 0 Å². The van der Waals surface area contributed by atoms with Gasteiger partial charge < -0.3 is 5.32 Å². The van der Waals surface area contributed by atoms with Crippen molar-refractivity contribution < 1.29 is 0 Å². The summed E-state index contributed by atoms with van der Waals surface area (Å²) in [4.78, 5) is 1.43. The highest BCUT2D eigenvalue weighted by Gasteiger charge is 2.19. The molecule has 2 aromatic carbocycles. The van der Waals surface area contributed by atoms with Crippen LogP contribution in [0.25, 0.3) is 0 Å². The van der Waals surface area contributed by atoms with Gasteiger partial charge in [0.2, 0.25) is 0 Å². The van der Waals surface area contributed by atoms with Crippen LogP contribution in [0.4, 0.5) is 0 Å². The molecule has 1 N–H and O–H groups in total. The van der Waals surface area contributed by atoms with Crippen LogP contribution in [0.3, 0.4) is 0 Å². The van der Waals surface area contributed by atoms with Gasteiger partial charge in [-0.05, 0) is 47.9 Å². The van der Waals surface area contributed by atoms with E-state index in [9.17, 15) is 0 Å². The van der Waals surface area contributed by atoms with E-state index in [0.717, 1.165) is 6.54 Å². The second kappa shape index (κ2) is 6.33. The maximum absolute atomic E-state index is 3.71. The molecule has 3 heteroatoms. The van der Waals surface area contributed by atoms with E-state index >= 15 is 0 Å². The maximum Gasteiger partial charge on any atom is 0.0342 e. The molecule has 0 saturated heterocycles. The summed E-state index contributed by atoms with van der Waals surface area (Å²) in [7, 11) is 0. The van der Waals surface area contributed by atoms with Gasteiger partial charge in [0.1, 0.15) is 0 Å². The Balaban J connectivity index is 1.73. The average molecular weight is 348 g/mol. The fourth-order valence-corrected chi connectivity index (χ4v) is 4.34. The van der Waals surface area contributed by atoms with Gasteiger partial charge in [-0.2, -0.15) is 0 Å². The highest BCUT2D eigenvalue weighted by molar-refractivity contribution is 9.10. The summed E-state index contributed by atoms with van der Waals surface area (Å²) >= 11 is 5.63. The Morgan fingerprint density at radius 3 is 2.95 bits per heavy atom. The second-order valence-corrected chi connectivity index (χ2v) is 7.19. The van der Waals surface area contributed by atoms with Crippen LogP contribution in [0, 0.1) is 6.92 Å². The molecule has 0 aliphatic carbocycles. The Kier molecular flexibility index (Phi) is 4.49. The van der Waals surface area contributed by atoms with Gasteiger partial charge in [-0.1, -0.05) is 46.3 Å². The van der Waals surface area contributed by atoms with E-state index in [2.05, 4.69) is 70.6 Å². The molecule has 1 nitrogen and oxygen atoms in total. The molecule has 2 aromatic rings. The topological polar surface area (TPSA) is 12.0 Å². The highest BCUT2D eigenvalue weighted by atomic mass is 79.9. The maximum atomic E-state index is 3.71. The minimum atomic E-state index is 0.473. The number of hydrogen-bond donors (Lipinski definition) is 1. The molecule has 1 aliphatic rings. The summed E-state index contributed by atoms with van der Waals surface area (Å²) in [6, 6.07) is 15.8. The Morgan fingerprint density at radius 2 is 2.10 bits per heavy atom. The van der Waals surface area contributed by atoms with Crippen molar-refractivity contribution in [2.24, 2.45) is 0 Å². The monoisotopic (exact) mass is 347 g/mol. The molecular formula is C17H18BrNS. The lowest BCUT2D eigenvalue weighted by Gasteiger charge is -2.26. The van der Waals surface area contributed by atoms with Crippen molar-refractivity contribution in [1.29, 1.82) is 0 Å². The number of benzene rings is 2. The molecule has 3 rings (SSSR count). The number of aryl methyl sites for hydroxylation is 1. The van der Waals surface area contributed by atoms with E-state index in [4.69, 9.17) is 0 Å². The lowest BCUT2D eigenvalue weighted by molar-refractivity contribution is 0.509. The van der Waals surface area contributed by atoms with Gasteiger partial charge in [0.05, 0.1) is 0 Å². The van der Waals surface area contributed by atoms with E-state index < -0.39 is 0 Å². The van der Waals surface area contributed by atoms with Gasteiger partial charge in [-0.25, -0.2) is 0 Å². The molecule has 0 fully saturated rings.